The molecule has 1 aromatic rings. The fourth-order valence-corrected chi connectivity index (χ4v) is 3.81. The summed E-state index contributed by atoms with van der Waals surface area (Å²) in [5, 5.41) is 0. The van der Waals surface area contributed by atoms with Gasteiger partial charge in [-0.1, -0.05) is 13.8 Å². The van der Waals surface area contributed by atoms with Crippen LogP contribution >= 0.6 is 0 Å². The molecule has 6 heteroatoms. The number of rotatable bonds is 6. The monoisotopic (exact) mass is 312 g/mol. The molecule has 0 saturated heterocycles. The third-order valence-electron chi connectivity index (χ3n) is 3.82. The van der Waals surface area contributed by atoms with Gasteiger partial charge in [-0.3, -0.25) is 0 Å². The highest BCUT2D eigenvalue weighted by atomic mass is 32.2. The molecule has 3 N–H and O–H groups in total. The minimum Gasteiger partial charge on any atom is -0.492 e. The average molecular weight is 312 g/mol. The lowest BCUT2D eigenvalue weighted by Gasteiger charge is -2.18. The Kier molecular flexibility index (Phi) is 4.78. The van der Waals surface area contributed by atoms with Crippen molar-refractivity contribution in [3.63, 3.8) is 0 Å². The number of nitrogen functional groups attached to an aromatic ring is 1. The maximum Gasteiger partial charge on any atom is 0.215 e. The van der Waals surface area contributed by atoms with E-state index < -0.39 is 10.0 Å². The van der Waals surface area contributed by atoms with Crippen LogP contribution in [0.2, 0.25) is 0 Å². The zero-order valence-corrected chi connectivity index (χ0v) is 13.4. The molecule has 1 saturated carbocycles. The highest BCUT2D eigenvalue weighted by Gasteiger charge is 2.32. The maximum atomic E-state index is 12.0. The molecule has 1 aromatic carbocycles. The minimum absolute atomic E-state index is 0.0334. The number of sulfonamides is 1. The van der Waals surface area contributed by atoms with Gasteiger partial charge < -0.3 is 10.5 Å². The molecule has 1 atom stereocenters. The molecule has 0 aliphatic heterocycles. The van der Waals surface area contributed by atoms with Gasteiger partial charge in [0.2, 0.25) is 10.0 Å². The molecule has 0 heterocycles. The molecule has 118 valence electrons. The normalized spacial score (nSPS) is 21.3. The largest absolute Gasteiger partial charge is 0.492 e. The lowest BCUT2D eigenvalue weighted by molar-refractivity contribution is 0.339. The van der Waals surface area contributed by atoms with Gasteiger partial charge in [-0.25, -0.2) is 13.1 Å². The van der Waals surface area contributed by atoms with E-state index in [2.05, 4.69) is 18.6 Å². The molecule has 1 unspecified atom stereocenters. The van der Waals surface area contributed by atoms with Crippen LogP contribution in [0.5, 0.6) is 5.75 Å². The predicted molar refractivity (Wildman–Crippen MR) is 84.7 cm³/mol. The third-order valence-corrected chi connectivity index (χ3v) is 5.21. The van der Waals surface area contributed by atoms with Gasteiger partial charge in [-0.05, 0) is 48.9 Å². The average Bonchev–Trinajstić information content (AvgIpc) is 2.70. The van der Waals surface area contributed by atoms with Gasteiger partial charge in [0, 0.05) is 11.7 Å². The zero-order chi connectivity index (χ0) is 15.5. The quantitative estimate of drug-likeness (QED) is 0.789. The lowest BCUT2D eigenvalue weighted by Crippen LogP contribution is -2.36. The Morgan fingerprint density at radius 3 is 2.57 bits per heavy atom. The number of benzene rings is 1. The number of anilines is 1. The maximum absolute atomic E-state index is 12.0. The second kappa shape index (κ2) is 6.23. The van der Waals surface area contributed by atoms with Gasteiger partial charge >= 0.3 is 0 Å². The third kappa shape index (κ3) is 5.21. The topological polar surface area (TPSA) is 81.4 Å². The smallest absolute Gasteiger partial charge is 0.215 e. The van der Waals surface area contributed by atoms with E-state index in [4.69, 9.17) is 10.5 Å². The molecule has 0 aromatic heterocycles. The standard InChI is InChI=1S/C15H24N2O3S/c1-15(2)8-7-13(11-15)17-21(18,19)10-9-20-14-5-3-12(16)4-6-14/h3-6,13,17H,7-11,16H2,1-2H3. The Morgan fingerprint density at radius 1 is 1.33 bits per heavy atom. The van der Waals surface area contributed by atoms with E-state index in [0.717, 1.165) is 19.3 Å². The first-order valence-electron chi connectivity index (χ1n) is 7.24. The van der Waals surface area contributed by atoms with Crippen LogP contribution in [-0.4, -0.2) is 26.8 Å². The number of ether oxygens (including phenoxy) is 1. The van der Waals surface area contributed by atoms with E-state index >= 15 is 0 Å². The van der Waals surface area contributed by atoms with Gasteiger partial charge in [0.05, 0.1) is 5.75 Å². The molecule has 1 aliphatic carbocycles. The van der Waals surface area contributed by atoms with Crippen LogP contribution in [0.15, 0.2) is 24.3 Å². The summed E-state index contributed by atoms with van der Waals surface area (Å²) >= 11 is 0. The van der Waals surface area contributed by atoms with Crippen molar-refractivity contribution < 1.29 is 13.2 Å². The van der Waals surface area contributed by atoms with Gasteiger partial charge in [0.25, 0.3) is 0 Å². The highest BCUT2D eigenvalue weighted by Crippen LogP contribution is 2.37. The Balaban J connectivity index is 1.78. The summed E-state index contributed by atoms with van der Waals surface area (Å²) in [5.41, 5.74) is 6.46. The molecule has 21 heavy (non-hydrogen) atoms. The minimum atomic E-state index is -3.29. The fraction of sp³-hybridized carbons (Fsp3) is 0.600. The van der Waals surface area contributed by atoms with Crippen LogP contribution in [0, 0.1) is 5.41 Å². The van der Waals surface area contributed by atoms with Gasteiger partial charge in [0.1, 0.15) is 12.4 Å². The molecular formula is C15H24N2O3S. The number of hydrogen-bond donors (Lipinski definition) is 2. The van der Waals surface area contributed by atoms with E-state index in [9.17, 15) is 8.42 Å². The van der Waals surface area contributed by atoms with Crippen molar-refractivity contribution in [3.05, 3.63) is 24.3 Å². The summed E-state index contributed by atoms with van der Waals surface area (Å²) in [7, 11) is -3.29. The van der Waals surface area contributed by atoms with Crippen molar-refractivity contribution >= 4 is 15.7 Å². The number of hydrogen-bond acceptors (Lipinski definition) is 4. The second-order valence-corrected chi connectivity index (χ2v) is 8.33. The zero-order valence-electron chi connectivity index (χ0n) is 12.6. The van der Waals surface area contributed by atoms with Crippen LogP contribution in [0.1, 0.15) is 33.1 Å². The Bertz CT molecular complexity index is 567. The summed E-state index contributed by atoms with van der Waals surface area (Å²) in [6.07, 6.45) is 2.86. The second-order valence-electron chi connectivity index (χ2n) is 6.46. The SMILES string of the molecule is CC1(C)CCC(NS(=O)(=O)CCOc2ccc(N)cc2)C1. The van der Waals surface area contributed by atoms with Crippen molar-refractivity contribution in [3.8, 4) is 5.75 Å². The molecule has 0 spiro atoms. The summed E-state index contributed by atoms with van der Waals surface area (Å²) in [6.45, 7) is 4.48. The molecule has 0 amide bonds. The van der Waals surface area contributed by atoms with E-state index in [1.54, 1.807) is 24.3 Å². The van der Waals surface area contributed by atoms with Crippen molar-refractivity contribution in [1.29, 1.82) is 0 Å². The molecule has 0 bridgehead atoms. The van der Waals surface area contributed by atoms with Crippen molar-refractivity contribution in [1.82, 2.24) is 4.72 Å². The summed E-state index contributed by atoms with van der Waals surface area (Å²) < 4.78 is 32.3. The van der Waals surface area contributed by atoms with Gasteiger partial charge in [-0.2, -0.15) is 0 Å². The first-order valence-corrected chi connectivity index (χ1v) is 8.89. The molecule has 1 fully saturated rings. The molecule has 5 nitrogen and oxygen atoms in total. The van der Waals surface area contributed by atoms with Gasteiger partial charge in [-0.15, -0.1) is 0 Å². The molecule has 2 rings (SSSR count). The van der Waals surface area contributed by atoms with Crippen molar-refractivity contribution in [2.45, 2.75) is 39.2 Å². The molecular weight excluding hydrogens is 288 g/mol. The summed E-state index contributed by atoms with van der Waals surface area (Å²) in [5.74, 6) is 0.593. The van der Waals surface area contributed by atoms with E-state index in [0.29, 0.717) is 11.4 Å². The van der Waals surface area contributed by atoms with Crippen LogP contribution in [-0.2, 0) is 10.0 Å². The van der Waals surface area contributed by atoms with Crippen LogP contribution in [0.4, 0.5) is 5.69 Å². The highest BCUT2D eigenvalue weighted by molar-refractivity contribution is 7.89. The fourth-order valence-electron chi connectivity index (χ4n) is 2.68. The van der Waals surface area contributed by atoms with E-state index in [1.807, 2.05) is 0 Å². The molecule has 1 aliphatic rings. The first kappa shape index (κ1) is 16.1. The van der Waals surface area contributed by atoms with Crippen molar-refractivity contribution in [2.24, 2.45) is 5.41 Å². The lowest BCUT2D eigenvalue weighted by atomic mass is 9.92. The first-order chi connectivity index (χ1) is 9.76. The van der Waals surface area contributed by atoms with Crippen LogP contribution < -0.4 is 15.2 Å². The van der Waals surface area contributed by atoms with E-state index in [-0.39, 0.29) is 23.8 Å². The number of nitrogens with one attached hydrogen (secondary N) is 1. The van der Waals surface area contributed by atoms with Gasteiger partial charge in [0.15, 0.2) is 0 Å². The van der Waals surface area contributed by atoms with Crippen molar-refractivity contribution in [2.75, 3.05) is 18.1 Å². The predicted octanol–water partition coefficient (Wildman–Crippen LogP) is 2.15. The number of nitrogens with two attached hydrogens (primary N) is 1. The van der Waals surface area contributed by atoms with Crippen LogP contribution in [0.3, 0.4) is 0 Å². The Morgan fingerprint density at radius 2 is 2.00 bits per heavy atom. The van der Waals surface area contributed by atoms with E-state index in [1.165, 1.54) is 0 Å². The Labute approximate surface area is 126 Å². The summed E-state index contributed by atoms with van der Waals surface area (Å²) in [6, 6.07) is 6.97. The Hall–Kier alpha value is -1.27. The summed E-state index contributed by atoms with van der Waals surface area (Å²) in [4.78, 5) is 0. The van der Waals surface area contributed by atoms with Crippen LogP contribution in [0.25, 0.3) is 0 Å². The molecule has 0 radical (unpaired) electrons.